The zero-order chi connectivity index (χ0) is 11.5. The van der Waals surface area contributed by atoms with Crippen LogP contribution in [0.3, 0.4) is 0 Å². The Balaban J connectivity index is 2.51. The molecule has 0 saturated carbocycles. The average Bonchev–Trinajstić information content (AvgIpc) is 1.99. The Morgan fingerprint density at radius 2 is 2.13 bits per heavy atom. The van der Waals surface area contributed by atoms with E-state index in [2.05, 4.69) is 15.3 Å². The van der Waals surface area contributed by atoms with Gasteiger partial charge in [0.25, 0.3) is 0 Å². The second kappa shape index (κ2) is 4.77. The molecule has 0 atom stereocenters. The minimum absolute atomic E-state index is 0.237. The summed E-state index contributed by atoms with van der Waals surface area (Å²) in [6.07, 6.45) is 0.646. The zero-order valence-electron chi connectivity index (χ0n) is 9.21. The molecule has 0 aliphatic rings. The molecule has 0 saturated heterocycles. The Hall–Kier alpha value is -0.870. The minimum atomic E-state index is -0.668. The van der Waals surface area contributed by atoms with Gasteiger partial charge in [-0.25, -0.2) is 9.97 Å². The Morgan fingerprint density at radius 3 is 2.67 bits per heavy atom. The standard InChI is InChI=1S/C10H16ClN3O/c1-7-6-8(14-9(11)13-7)12-5-4-10(2,3)15/h6,15H,4-5H2,1-3H3,(H,12,13,14). The lowest BCUT2D eigenvalue weighted by Gasteiger charge is -2.17. The fraction of sp³-hybridized carbons (Fsp3) is 0.600. The molecule has 15 heavy (non-hydrogen) atoms. The van der Waals surface area contributed by atoms with Crippen LogP contribution in [-0.2, 0) is 0 Å². The van der Waals surface area contributed by atoms with Crippen LogP contribution in [0.2, 0.25) is 5.28 Å². The molecule has 1 aromatic rings. The summed E-state index contributed by atoms with van der Waals surface area (Å²) in [6.45, 7) is 6.05. The van der Waals surface area contributed by atoms with E-state index in [0.29, 0.717) is 18.8 Å². The van der Waals surface area contributed by atoms with Crippen molar-refractivity contribution in [2.75, 3.05) is 11.9 Å². The lowest BCUT2D eigenvalue weighted by molar-refractivity contribution is 0.0748. The van der Waals surface area contributed by atoms with Crippen molar-refractivity contribution in [1.82, 2.24) is 9.97 Å². The molecule has 1 rings (SSSR count). The third kappa shape index (κ3) is 4.95. The molecular weight excluding hydrogens is 214 g/mol. The summed E-state index contributed by atoms with van der Waals surface area (Å²) >= 11 is 5.71. The van der Waals surface area contributed by atoms with Crippen molar-refractivity contribution < 1.29 is 5.11 Å². The van der Waals surface area contributed by atoms with Gasteiger partial charge in [0.2, 0.25) is 5.28 Å². The molecule has 5 heteroatoms. The Morgan fingerprint density at radius 1 is 1.47 bits per heavy atom. The molecule has 2 N–H and O–H groups in total. The first-order chi connectivity index (χ1) is 6.87. The first-order valence-electron chi connectivity index (χ1n) is 4.84. The largest absolute Gasteiger partial charge is 0.390 e. The van der Waals surface area contributed by atoms with E-state index in [4.69, 9.17) is 11.6 Å². The second-order valence-electron chi connectivity index (χ2n) is 4.15. The topological polar surface area (TPSA) is 58.0 Å². The molecule has 0 aromatic carbocycles. The first kappa shape index (κ1) is 12.2. The zero-order valence-corrected chi connectivity index (χ0v) is 9.97. The SMILES string of the molecule is Cc1cc(NCCC(C)(C)O)nc(Cl)n1. The predicted octanol–water partition coefficient (Wildman–Crippen LogP) is 2.01. The van der Waals surface area contributed by atoms with Crippen molar-refractivity contribution in [3.8, 4) is 0 Å². The Bertz CT molecular complexity index is 316. The number of aryl methyl sites for hydroxylation is 1. The molecule has 0 radical (unpaired) electrons. The van der Waals surface area contributed by atoms with Crippen molar-refractivity contribution in [2.24, 2.45) is 0 Å². The monoisotopic (exact) mass is 229 g/mol. The van der Waals surface area contributed by atoms with Gasteiger partial charge in [-0.2, -0.15) is 0 Å². The van der Waals surface area contributed by atoms with Crippen molar-refractivity contribution in [2.45, 2.75) is 32.8 Å². The smallest absolute Gasteiger partial charge is 0.224 e. The van der Waals surface area contributed by atoms with E-state index in [0.717, 1.165) is 5.69 Å². The van der Waals surface area contributed by atoms with Gasteiger partial charge >= 0.3 is 0 Å². The van der Waals surface area contributed by atoms with Crippen LogP contribution >= 0.6 is 11.6 Å². The van der Waals surface area contributed by atoms with E-state index in [1.54, 1.807) is 13.8 Å². The van der Waals surface area contributed by atoms with Gasteiger partial charge in [0, 0.05) is 18.3 Å². The van der Waals surface area contributed by atoms with E-state index >= 15 is 0 Å². The van der Waals surface area contributed by atoms with Crippen LogP contribution < -0.4 is 5.32 Å². The number of hydrogen-bond acceptors (Lipinski definition) is 4. The summed E-state index contributed by atoms with van der Waals surface area (Å²) in [5.74, 6) is 0.691. The van der Waals surface area contributed by atoms with Crippen LogP contribution in [0.1, 0.15) is 26.0 Å². The summed E-state index contributed by atoms with van der Waals surface area (Å²) in [5, 5.41) is 12.8. The van der Waals surface area contributed by atoms with Crippen LogP contribution in [0.5, 0.6) is 0 Å². The maximum atomic E-state index is 9.51. The molecule has 0 aliphatic carbocycles. The van der Waals surface area contributed by atoms with Gasteiger partial charge in [-0.1, -0.05) is 0 Å². The number of hydrogen-bond donors (Lipinski definition) is 2. The van der Waals surface area contributed by atoms with Crippen molar-refractivity contribution in [1.29, 1.82) is 0 Å². The lowest BCUT2D eigenvalue weighted by atomic mass is 10.1. The number of rotatable bonds is 4. The van der Waals surface area contributed by atoms with E-state index in [9.17, 15) is 5.11 Å². The summed E-state index contributed by atoms with van der Waals surface area (Å²) in [5.41, 5.74) is 0.152. The highest BCUT2D eigenvalue weighted by atomic mass is 35.5. The molecule has 0 bridgehead atoms. The molecule has 0 unspecified atom stereocenters. The first-order valence-corrected chi connectivity index (χ1v) is 5.22. The van der Waals surface area contributed by atoms with Crippen molar-refractivity contribution in [3.63, 3.8) is 0 Å². The highest BCUT2D eigenvalue weighted by Crippen LogP contribution is 2.11. The third-order valence-corrected chi connectivity index (χ3v) is 2.04. The van der Waals surface area contributed by atoms with Crippen molar-refractivity contribution in [3.05, 3.63) is 17.0 Å². The number of aliphatic hydroxyl groups is 1. The van der Waals surface area contributed by atoms with Crippen LogP contribution in [0.25, 0.3) is 0 Å². The maximum absolute atomic E-state index is 9.51. The Labute approximate surface area is 94.7 Å². The number of nitrogens with one attached hydrogen (secondary N) is 1. The van der Waals surface area contributed by atoms with Gasteiger partial charge in [-0.3, -0.25) is 0 Å². The normalized spacial score (nSPS) is 11.5. The summed E-state index contributed by atoms with van der Waals surface area (Å²) in [6, 6.07) is 1.82. The quantitative estimate of drug-likeness (QED) is 0.776. The van der Waals surface area contributed by atoms with Gasteiger partial charge in [0.05, 0.1) is 5.60 Å². The summed E-state index contributed by atoms with van der Waals surface area (Å²) < 4.78 is 0. The van der Waals surface area contributed by atoms with Gasteiger partial charge in [-0.05, 0) is 38.8 Å². The molecule has 1 aromatic heterocycles. The number of nitrogens with zero attached hydrogens (tertiary/aromatic N) is 2. The van der Waals surface area contributed by atoms with Gasteiger partial charge in [0.15, 0.2) is 0 Å². The number of halogens is 1. The van der Waals surface area contributed by atoms with E-state index < -0.39 is 5.60 Å². The molecule has 0 amide bonds. The van der Waals surface area contributed by atoms with Crippen LogP contribution in [0.4, 0.5) is 5.82 Å². The molecule has 0 aliphatic heterocycles. The van der Waals surface area contributed by atoms with Crippen LogP contribution in [0, 0.1) is 6.92 Å². The number of aromatic nitrogens is 2. The van der Waals surface area contributed by atoms with Gasteiger partial charge in [0.1, 0.15) is 5.82 Å². The fourth-order valence-corrected chi connectivity index (χ4v) is 1.34. The molecule has 0 fully saturated rings. The third-order valence-electron chi connectivity index (χ3n) is 1.87. The predicted molar refractivity (Wildman–Crippen MR) is 61.2 cm³/mol. The molecule has 1 heterocycles. The van der Waals surface area contributed by atoms with Crippen molar-refractivity contribution >= 4 is 17.4 Å². The maximum Gasteiger partial charge on any atom is 0.224 e. The average molecular weight is 230 g/mol. The minimum Gasteiger partial charge on any atom is -0.390 e. The van der Waals surface area contributed by atoms with E-state index in [1.807, 2.05) is 13.0 Å². The van der Waals surface area contributed by atoms with E-state index in [-0.39, 0.29) is 5.28 Å². The van der Waals surface area contributed by atoms with Crippen LogP contribution in [-0.4, -0.2) is 27.2 Å². The second-order valence-corrected chi connectivity index (χ2v) is 4.49. The van der Waals surface area contributed by atoms with E-state index in [1.165, 1.54) is 0 Å². The molecular formula is C10H16ClN3O. The highest BCUT2D eigenvalue weighted by Gasteiger charge is 2.11. The molecule has 84 valence electrons. The molecule has 4 nitrogen and oxygen atoms in total. The summed E-state index contributed by atoms with van der Waals surface area (Å²) in [4.78, 5) is 7.97. The van der Waals surface area contributed by atoms with Gasteiger partial charge in [-0.15, -0.1) is 0 Å². The lowest BCUT2D eigenvalue weighted by Crippen LogP contribution is -2.22. The Kier molecular flexibility index (Phi) is 3.88. The number of anilines is 1. The summed E-state index contributed by atoms with van der Waals surface area (Å²) in [7, 11) is 0. The fourth-order valence-electron chi connectivity index (χ4n) is 1.12. The highest BCUT2D eigenvalue weighted by molar-refractivity contribution is 6.28. The molecule has 0 spiro atoms. The van der Waals surface area contributed by atoms with Gasteiger partial charge < -0.3 is 10.4 Å². The van der Waals surface area contributed by atoms with Crippen LogP contribution in [0.15, 0.2) is 6.07 Å².